The highest BCUT2D eigenvalue weighted by atomic mass is 32.2. The second kappa shape index (κ2) is 5.80. The van der Waals surface area contributed by atoms with E-state index in [0.29, 0.717) is 6.42 Å². The number of non-ortho nitro benzene ring substituents is 1. The Morgan fingerprint density at radius 1 is 1.32 bits per heavy atom. The number of rotatable bonds is 3. The smallest absolute Gasteiger partial charge is 0.261 e. The molecule has 0 N–H and O–H groups in total. The van der Waals surface area contributed by atoms with Crippen LogP contribution in [0.3, 0.4) is 0 Å². The van der Waals surface area contributed by atoms with Gasteiger partial charge in [-0.05, 0) is 42.0 Å². The van der Waals surface area contributed by atoms with Crippen LogP contribution >= 0.6 is 0 Å². The molecule has 25 heavy (non-hydrogen) atoms. The predicted molar refractivity (Wildman–Crippen MR) is 93.8 cm³/mol. The minimum Gasteiger partial charge on any atom is -0.261 e. The number of nitro groups is 1. The van der Waals surface area contributed by atoms with Crippen molar-refractivity contribution in [3.8, 4) is 0 Å². The molecule has 1 unspecified atom stereocenters. The maximum absolute atomic E-state index is 11.8. The van der Waals surface area contributed by atoms with Crippen LogP contribution in [0.15, 0.2) is 30.5 Å². The number of sulfone groups is 1. The van der Waals surface area contributed by atoms with Crippen molar-refractivity contribution in [2.45, 2.75) is 25.3 Å². The molecule has 1 aromatic carbocycles. The van der Waals surface area contributed by atoms with Crippen LogP contribution in [0, 0.1) is 10.1 Å². The summed E-state index contributed by atoms with van der Waals surface area (Å²) in [6, 6.07) is 6.39. The summed E-state index contributed by atoms with van der Waals surface area (Å²) in [4.78, 5) is 10.5. The molecule has 4 rings (SSSR count). The van der Waals surface area contributed by atoms with Crippen LogP contribution in [-0.2, 0) is 16.3 Å². The van der Waals surface area contributed by atoms with E-state index in [1.54, 1.807) is 12.1 Å². The molecule has 0 amide bonds. The van der Waals surface area contributed by atoms with Gasteiger partial charge in [0.05, 0.1) is 34.4 Å². The minimum atomic E-state index is -2.99. The van der Waals surface area contributed by atoms with Crippen LogP contribution in [0.2, 0.25) is 0 Å². The highest BCUT2D eigenvalue weighted by molar-refractivity contribution is 7.91. The summed E-state index contributed by atoms with van der Waals surface area (Å²) in [6.07, 6.45) is 6.03. The number of benzene rings is 1. The predicted octanol–water partition coefficient (Wildman–Crippen LogP) is 2.64. The molecule has 0 radical (unpaired) electrons. The molecule has 7 nitrogen and oxygen atoms in total. The van der Waals surface area contributed by atoms with Gasteiger partial charge in [-0.25, -0.2) is 8.42 Å². The van der Waals surface area contributed by atoms with E-state index in [-0.39, 0.29) is 23.2 Å². The monoisotopic (exact) mass is 359 g/mol. The summed E-state index contributed by atoms with van der Waals surface area (Å²) in [5.41, 5.74) is 3.97. The molecule has 130 valence electrons. The quantitative estimate of drug-likeness (QED) is 0.620. The summed E-state index contributed by atoms with van der Waals surface area (Å²) in [5.74, 6) is 0.335. The molecule has 0 spiro atoms. The summed E-state index contributed by atoms with van der Waals surface area (Å²) in [5, 5.41) is 15.4. The third kappa shape index (κ3) is 2.97. The summed E-state index contributed by atoms with van der Waals surface area (Å²) < 4.78 is 25.4. The second-order valence-corrected chi connectivity index (χ2v) is 8.77. The molecule has 2 heterocycles. The number of nitro benzene ring substituents is 1. The lowest BCUT2D eigenvalue weighted by atomic mass is 10.1. The molecule has 0 bridgehead atoms. The van der Waals surface area contributed by atoms with Gasteiger partial charge in [-0.1, -0.05) is 12.1 Å². The Kier molecular flexibility index (Phi) is 3.72. The molecule has 1 saturated heterocycles. The van der Waals surface area contributed by atoms with Gasteiger partial charge in [0, 0.05) is 12.1 Å². The summed E-state index contributed by atoms with van der Waals surface area (Å²) >= 11 is 0. The van der Waals surface area contributed by atoms with Gasteiger partial charge in [-0.3, -0.25) is 14.8 Å². The van der Waals surface area contributed by atoms with Crippen molar-refractivity contribution >= 4 is 27.2 Å². The van der Waals surface area contributed by atoms with Crippen LogP contribution in [0.25, 0.3) is 11.6 Å². The van der Waals surface area contributed by atoms with Gasteiger partial charge in [0.25, 0.3) is 5.69 Å². The van der Waals surface area contributed by atoms with Crippen LogP contribution in [-0.4, -0.2) is 34.6 Å². The molecular formula is C17H17N3O4S. The van der Waals surface area contributed by atoms with Crippen molar-refractivity contribution in [1.29, 1.82) is 0 Å². The standard InChI is InChI=1S/C17H17N3O4S/c21-20(22)15-3-1-2-12(9-15)8-13-4-5-14-10-18-19(17(13)14)16-6-7-25(23,24)11-16/h1-3,8-10,16H,4-7,11H2/b13-8+. The molecule has 2 aromatic rings. The fourth-order valence-electron chi connectivity index (χ4n) is 3.64. The first-order valence-corrected chi connectivity index (χ1v) is 9.97. The van der Waals surface area contributed by atoms with E-state index in [1.165, 1.54) is 6.07 Å². The highest BCUT2D eigenvalue weighted by Gasteiger charge is 2.33. The maximum Gasteiger partial charge on any atom is 0.270 e. The third-order valence-corrected chi connectivity index (χ3v) is 6.57. The Labute approximate surface area is 145 Å². The number of hydrogen-bond acceptors (Lipinski definition) is 5. The highest BCUT2D eigenvalue weighted by Crippen LogP contribution is 2.37. The zero-order valence-corrected chi connectivity index (χ0v) is 14.3. The van der Waals surface area contributed by atoms with Crippen molar-refractivity contribution in [3.05, 3.63) is 57.4 Å². The molecule has 8 heteroatoms. The molecule has 2 aliphatic rings. The average molecular weight is 359 g/mol. The fraction of sp³-hybridized carbons (Fsp3) is 0.353. The molecule has 1 aliphatic carbocycles. The minimum absolute atomic E-state index is 0.0583. The molecule has 1 fully saturated rings. The summed E-state index contributed by atoms with van der Waals surface area (Å²) in [7, 11) is -2.99. The van der Waals surface area contributed by atoms with E-state index in [9.17, 15) is 18.5 Å². The Balaban J connectivity index is 1.71. The van der Waals surface area contributed by atoms with Gasteiger partial charge in [0.15, 0.2) is 9.84 Å². The van der Waals surface area contributed by atoms with Gasteiger partial charge < -0.3 is 0 Å². The van der Waals surface area contributed by atoms with Gasteiger partial charge in [0.1, 0.15) is 0 Å². The third-order valence-electron chi connectivity index (χ3n) is 4.82. The zero-order valence-electron chi connectivity index (χ0n) is 13.5. The van der Waals surface area contributed by atoms with Crippen LogP contribution in [0.1, 0.15) is 35.7 Å². The van der Waals surface area contributed by atoms with Gasteiger partial charge in [0.2, 0.25) is 0 Å². The fourth-order valence-corrected chi connectivity index (χ4v) is 5.33. The van der Waals surface area contributed by atoms with E-state index < -0.39 is 14.8 Å². The Morgan fingerprint density at radius 2 is 2.16 bits per heavy atom. The molecule has 1 atom stereocenters. The lowest BCUT2D eigenvalue weighted by molar-refractivity contribution is -0.384. The van der Waals surface area contributed by atoms with Gasteiger partial charge >= 0.3 is 0 Å². The van der Waals surface area contributed by atoms with E-state index in [2.05, 4.69) is 5.10 Å². The Morgan fingerprint density at radius 3 is 2.88 bits per heavy atom. The van der Waals surface area contributed by atoms with Crippen LogP contribution in [0.4, 0.5) is 5.69 Å². The molecule has 1 aliphatic heterocycles. The Hall–Kier alpha value is -2.48. The first-order chi connectivity index (χ1) is 11.9. The van der Waals surface area contributed by atoms with Crippen molar-refractivity contribution < 1.29 is 13.3 Å². The SMILES string of the molecule is O=[N+]([O-])c1cccc(/C=C2\CCc3cnn(C4CCS(=O)(=O)C4)c32)c1. The number of hydrogen-bond donors (Lipinski definition) is 0. The average Bonchev–Trinajstić information content (AvgIpc) is 3.24. The van der Waals surface area contributed by atoms with Crippen molar-refractivity contribution in [3.63, 3.8) is 0 Å². The maximum atomic E-state index is 11.8. The van der Waals surface area contributed by atoms with E-state index in [1.807, 2.05) is 23.0 Å². The van der Waals surface area contributed by atoms with E-state index in [0.717, 1.165) is 35.2 Å². The second-order valence-electron chi connectivity index (χ2n) is 6.54. The van der Waals surface area contributed by atoms with Gasteiger partial charge in [-0.15, -0.1) is 0 Å². The number of nitrogens with zero attached hydrogens (tertiary/aromatic N) is 3. The number of fused-ring (bicyclic) bond motifs is 1. The topological polar surface area (TPSA) is 95.1 Å². The lowest BCUT2D eigenvalue weighted by Gasteiger charge is -2.13. The zero-order chi connectivity index (χ0) is 17.6. The summed E-state index contributed by atoms with van der Waals surface area (Å²) in [6.45, 7) is 0. The largest absolute Gasteiger partial charge is 0.270 e. The normalized spacial score (nSPS) is 23.0. The number of aryl methyl sites for hydroxylation is 1. The van der Waals surface area contributed by atoms with E-state index >= 15 is 0 Å². The number of allylic oxidation sites excluding steroid dienone is 1. The van der Waals surface area contributed by atoms with Crippen LogP contribution < -0.4 is 0 Å². The van der Waals surface area contributed by atoms with Crippen molar-refractivity contribution in [2.75, 3.05) is 11.5 Å². The first-order valence-electron chi connectivity index (χ1n) is 8.15. The Bertz CT molecular complexity index is 991. The van der Waals surface area contributed by atoms with Crippen LogP contribution in [0.5, 0.6) is 0 Å². The number of aromatic nitrogens is 2. The van der Waals surface area contributed by atoms with Crippen molar-refractivity contribution in [1.82, 2.24) is 9.78 Å². The first kappa shape index (κ1) is 16.0. The van der Waals surface area contributed by atoms with Crippen molar-refractivity contribution in [2.24, 2.45) is 0 Å². The van der Waals surface area contributed by atoms with Gasteiger partial charge in [-0.2, -0.15) is 5.10 Å². The van der Waals surface area contributed by atoms with E-state index in [4.69, 9.17) is 0 Å². The molecular weight excluding hydrogens is 342 g/mol. The molecule has 1 aromatic heterocycles. The lowest BCUT2D eigenvalue weighted by Crippen LogP contribution is -2.14. The molecule has 0 saturated carbocycles.